The first-order valence-electron chi connectivity index (χ1n) is 14.2. The number of hydrogen-bond donors (Lipinski definition) is 2. The van der Waals surface area contributed by atoms with E-state index < -0.39 is 0 Å². The molecule has 2 aliphatic rings. The van der Waals surface area contributed by atoms with E-state index in [1.165, 1.54) is 5.57 Å². The van der Waals surface area contributed by atoms with Gasteiger partial charge in [-0.05, 0) is 76.5 Å². The van der Waals surface area contributed by atoms with Gasteiger partial charge in [0, 0.05) is 25.3 Å². The van der Waals surface area contributed by atoms with Gasteiger partial charge in [-0.3, -0.25) is 0 Å². The zero-order chi connectivity index (χ0) is 28.6. The van der Waals surface area contributed by atoms with Crippen molar-refractivity contribution < 1.29 is 9.84 Å². The van der Waals surface area contributed by atoms with Crippen molar-refractivity contribution in [2.75, 3.05) is 36.5 Å². The van der Waals surface area contributed by atoms with Crippen molar-refractivity contribution in [2.45, 2.75) is 51.7 Å². The molecule has 3 aromatic heterocycles. The summed E-state index contributed by atoms with van der Waals surface area (Å²) in [6.07, 6.45) is 8.73. The van der Waals surface area contributed by atoms with Gasteiger partial charge in [0.05, 0.1) is 24.5 Å². The van der Waals surface area contributed by atoms with Crippen LogP contribution >= 0.6 is 0 Å². The Morgan fingerprint density at radius 1 is 1.15 bits per heavy atom. The van der Waals surface area contributed by atoms with Crippen LogP contribution in [-0.4, -0.2) is 72.0 Å². The average Bonchev–Trinajstić information content (AvgIpc) is 3.72. The monoisotopic (exact) mass is 554 g/mol. The second-order valence-electron chi connectivity index (χ2n) is 11.6. The zero-order valence-corrected chi connectivity index (χ0v) is 24.0. The number of rotatable bonds is 8. The first kappa shape index (κ1) is 26.9. The van der Waals surface area contributed by atoms with Crippen molar-refractivity contribution in [1.29, 1.82) is 0 Å². The summed E-state index contributed by atoms with van der Waals surface area (Å²) in [5.41, 5.74) is 3.86. The van der Waals surface area contributed by atoms with Gasteiger partial charge >= 0.3 is 0 Å². The predicted octanol–water partition coefficient (Wildman–Crippen LogP) is 5.00. The first-order valence-corrected chi connectivity index (χ1v) is 14.2. The van der Waals surface area contributed by atoms with Gasteiger partial charge in [-0.2, -0.15) is 4.98 Å². The molecule has 10 nitrogen and oxygen atoms in total. The van der Waals surface area contributed by atoms with E-state index in [0.29, 0.717) is 23.5 Å². The fourth-order valence-electron chi connectivity index (χ4n) is 5.53. The van der Waals surface area contributed by atoms with Crippen molar-refractivity contribution in [3.63, 3.8) is 0 Å². The van der Waals surface area contributed by atoms with Gasteiger partial charge in [-0.15, -0.1) is 5.10 Å². The Labute approximate surface area is 240 Å². The van der Waals surface area contributed by atoms with E-state index >= 15 is 0 Å². The number of benzene rings is 1. The van der Waals surface area contributed by atoms with Gasteiger partial charge in [0.1, 0.15) is 23.3 Å². The Morgan fingerprint density at radius 3 is 2.71 bits per heavy atom. The molecule has 0 amide bonds. The highest BCUT2D eigenvalue weighted by molar-refractivity contribution is 5.78. The van der Waals surface area contributed by atoms with Crippen molar-refractivity contribution in [3.8, 4) is 5.69 Å². The van der Waals surface area contributed by atoms with E-state index in [1.807, 2.05) is 66.4 Å². The molecule has 0 aliphatic carbocycles. The number of para-hydroxylation sites is 1. The van der Waals surface area contributed by atoms with Crippen molar-refractivity contribution in [1.82, 2.24) is 29.0 Å². The van der Waals surface area contributed by atoms with Crippen LogP contribution in [0.25, 0.3) is 16.8 Å². The van der Waals surface area contributed by atoms with Crippen LogP contribution in [0.15, 0.2) is 73.5 Å². The van der Waals surface area contributed by atoms with Gasteiger partial charge in [0.25, 0.3) is 0 Å². The fourth-order valence-corrected chi connectivity index (χ4v) is 5.53. The first-order chi connectivity index (χ1) is 19.8. The van der Waals surface area contributed by atoms with E-state index in [1.54, 1.807) is 6.33 Å². The van der Waals surface area contributed by atoms with Gasteiger partial charge in [0.15, 0.2) is 11.7 Å². The van der Waals surface area contributed by atoms with Crippen LogP contribution in [0.4, 0.5) is 17.6 Å². The molecule has 2 aliphatic heterocycles. The molecule has 6 rings (SSSR count). The van der Waals surface area contributed by atoms with E-state index in [2.05, 4.69) is 44.9 Å². The molecule has 1 fully saturated rings. The van der Waals surface area contributed by atoms with Crippen LogP contribution in [0, 0.1) is 0 Å². The smallest absolute Gasteiger partial charge is 0.245 e. The maximum Gasteiger partial charge on any atom is 0.245 e. The van der Waals surface area contributed by atoms with Gasteiger partial charge in [-0.1, -0.05) is 24.3 Å². The van der Waals surface area contributed by atoms with Gasteiger partial charge < -0.3 is 29.5 Å². The lowest BCUT2D eigenvalue weighted by molar-refractivity contribution is 0.00561. The molecule has 5 heterocycles. The third kappa shape index (κ3) is 5.65. The Hall–Kier alpha value is -4.31. The zero-order valence-electron chi connectivity index (χ0n) is 24.0. The van der Waals surface area contributed by atoms with Crippen LogP contribution in [-0.2, 0) is 4.74 Å². The topological polar surface area (TPSA) is 96.0 Å². The number of aliphatic hydroxyl groups is 1. The third-order valence-corrected chi connectivity index (χ3v) is 7.54. The van der Waals surface area contributed by atoms with Crippen LogP contribution in [0.2, 0.25) is 0 Å². The molecule has 41 heavy (non-hydrogen) atoms. The number of imidazole rings is 1. The van der Waals surface area contributed by atoms with Crippen LogP contribution in [0.5, 0.6) is 0 Å². The minimum atomic E-state index is -0.283. The maximum atomic E-state index is 10.0. The molecule has 214 valence electrons. The summed E-state index contributed by atoms with van der Waals surface area (Å²) in [5.74, 6) is 2.66. The quantitative estimate of drug-likeness (QED) is 0.294. The SMILES string of the molecule is C=C(OC(C)(C)C)N1CC=C(c2ccc3c(Nc4cn(-c5ccccc5)cn4)nc(N4CCC[C@H]4CO)nn23)CC1. The van der Waals surface area contributed by atoms with E-state index in [-0.39, 0.29) is 18.2 Å². The molecule has 1 aromatic carbocycles. The standard InChI is InChI=1S/C31H38N8O2/c1-22(41-31(2,3)4)36-17-14-23(15-18-36)26-12-13-27-29(33-28-19-37(21-32-28)24-9-6-5-7-10-24)34-30(35-39(26)27)38-16-8-11-25(38)20-40/h5-7,9-10,12-14,19,21,25,40H,1,8,11,15-18,20H2,2-4H3,(H,33,34,35)/t25-/m0/s1. The van der Waals surface area contributed by atoms with Crippen LogP contribution in [0.1, 0.15) is 45.7 Å². The molecule has 0 bridgehead atoms. The average molecular weight is 555 g/mol. The van der Waals surface area contributed by atoms with Crippen molar-refractivity contribution in [2.24, 2.45) is 0 Å². The van der Waals surface area contributed by atoms with Gasteiger partial charge in [0.2, 0.25) is 5.95 Å². The highest BCUT2D eigenvalue weighted by Gasteiger charge is 2.28. The summed E-state index contributed by atoms with van der Waals surface area (Å²) in [6, 6.07) is 14.3. The molecule has 10 heteroatoms. The molecule has 0 unspecified atom stereocenters. The molecule has 0 radical (unpaired) electrons. The molecule has 0 spiro atoms. The number of aliphatic hydroxyl groups excluding tert-OH is 1. The van der Waals surface area contributed by atoms with Gasteiger partial charge in [-0.25, -0.2) is 9.50 Å². The number of ether oxygens (including phenoxy) is 1. The number of hydrogen-bond acceptors (Lipinski definition) is 8. The summed E-state index contributed by atoms with van der Waals surface area (Å²) in [7, 11) is 0. The Kier molecular flexibility index (Phi) is 7.17. The van der Waals surface area contributed by atoms with Crippen molar-refractivity contribution >= 4 is 28.7 Å². The summed E-state index contributed by atoms with van der Waals surface area (Å²) in [5, 5.41) is 18.5. The molecule has 1 atom stereocenters. The lowest BCUT2D eigenvalue weighted by Crippen LogP contribution is -2.34. The molecule has 4 aromatic rings. The lowest BCUT2D eigenvalue weighted by Gasteiger charge is -2.33. The molecular weight excluding hydrogens is 516 g/mol. The second kappa shape index (κ2) is 10.9. The Morgan fingerprint density at radius 2 is 1.98 bits per heavy atom. The lowest BCUT2D eigenvalue weighted by atomic mass is 10.1. The summed E-state index contributed by atoms with van der Waals surface area (Å²) in [6.45, 7) is 12.7. The summed E-state index contributed by atoms with van der Waals surface area (Å²) >= 11 is 0. The third-order valence-electron chi connectivity index (χ3n) is 7.54. The number of nitrogens with zero attached hydrogens (tertiary/aromatic N) is 7. The predicted molar refractivity (Wildman–Crippen MR) is 161 cm³/mol. The van der Waals surface area contributed by atoms with E-state index in [0.717, 1.165) is 55.8 Å². The number of anilines is 3. The molecule has 1 saturated heterocycles. The van der Waals surface area contributed by atoms with E-state index in [9.17, 15) is 5.11 Å². The number of nitrogens with one attached hydrogen (secondary N) is 1. The molecule has 2 N–H and O–H groups in total. The van der Waals surface area contributed by atoms with Crippen LogP contribution in [0.3, 0.4) is 0 Å². The normalized spacial score (nSPS) is 17.7. The number of fused-ring (bicyclic) bond motifs is 1. The van der Waals surface area contributed by atoms with E-state index in [4.69, 9.17) is 14.8 Å². The highest BCUT2D eigenvalue weighted by atomic mass is 16.5. The Bertz CT molecular complexity index is 1570. The maximum absolute atomic E-state index is 10.0. The minimum Gasteiger partial charge on any atom is -0.474 e. The fraction of sp³-hybridized carbons (Fsp3) is 0.387. The minimum absolute atomic E-state index is 0.00730. The Balaban J connectivity index is 1.34. The van der Waals surface area contributed by atoms with Crippen molar-refractivity contribution in [3.05, 3.63) is 79.2 Å². The molecular formula is C31H38N8O2. The summed E-state index contributed by atoms with van der Waals surface area (Å²) in [4.78, 5) is 13.8. The number of aromatic nitrogens is 5. The highest BCUT2D eigenvalue weighted by Crippen LogP contribution is 2.32. The van der Waals surface area contributed by atoms with Crippen LogP contribution < -0.4 is 10.2 Å². The second-order valence-corrected chi connectivity index (χ2v) is 11.6. The molecule has 0 saturated carbocycles. The summed E-state index contributed by atoms with van der Waals surface area (Å²) < 4.78 is 9.96. The largest absolute Gasteiger partial charge is 0.474 e.